The molecule has 0 radical (unpaired) electrons. The summed E-state index contributed by atoms with van der Waals surface area (Å²) in [5.41, 5.74) is 1.13. The van der Waals surface area contributed by atoms with Gasteiger partial charge in [0.25, 0.3) is 5.69 Å². The number of hydrogen-bond donors (Lipinski definition) is 2. The van der Waals surface area contributed by atoms with E-state index >= 15 is 0 Å². The zero-order valence-corrected chi connectivity index (χ0v) is 10.9. The first-order valence-corrected chi connectivity index (χ1v) is 6.45. The largest absolute Gasteiger partial charge is 0.377 e. The van der Waals surface area contributed by atoms with Gasteiger partial charge in [-0.3, -0.25) is 15.2 Å². The van der Waals surface area contributed by atoms with Gasteiger partial charge in [-0.1, -0.05) is 0 Å². The number of nitro benzene ring substituents is 1. The van der Waals surface area contributed by atoms with Crippen LogP contribution in [0, 0.1) is 21.7 Å². The van der Waals surface area contributed by atoms with Gasteiger partial charge >= 0.3 is 0 Å². The second kappa shape index (κ2) is 5.12. The summed E-state index contributed by atoms with van der Waals surface area (Å²) in [6.45, 7) is 0. The van der Waals surface area contributed by atoms with Gasteiger partial charge in [0.15, 0.2) is 11.6 Å². The molecule has 0 spiro atoms. The lowest BCUT2D eigenvalue weighted by Crippen LogP contribution is -2.28. The summed E-state index contributed by atoms with van der Waals surface area (Å²) < 4.78 is 27.7. The number of halogens is 2. The van der Waals surface area contributed by atoms with E-state index in [0.717, 1.165) is 29.8 Å². The Morgan fingerprint density at radius 1 is 1.38 bits per heavy atom. The molecule has 1 aliphatic rings. The lowest BCUT2D eigenvalue weighted by Gasteiger charge is -2.24. The quantitative estimate of drug-likeness (QED) is 0.673. The third kappa shape index (κ3) is 2.56. The fraction of sp³-hybridized carbons (Fsp3) is 0.308. The first-order chi connectivity index (χ1) is 10.0. The molecule has 0 bridgehead atoms. The summed E-state index contributed by atoms with van der Waals surface area (Å²) in [4.78, 5) is 9.73. The van der Waals surface area contributed by atoms with Crippen LogP contribution < -0.4 is 5.32 Å². The number of benzene rings is 1. The number of non-ortho nitro benzene ring substituents is 1. The van der Waals surface area contributed by atoms with Gasteiger partial charge in [0.2, 0.25) is 0 Å². The summed E-state index contributed by atoms with van der Waals surface area (Å²) in [6, 6.07) is 1.29. The Bertz CT molecular complexity index is 678. The average molecular weight is 294 g/mol. The summed E-state index contributed by atoms with van der Waals surface area (Å²) in [5.74, 6) is -1.92. The highest BCUT2D eigenvalue weighted by Crippen LogP contribution is 2.28. The van der Waals surface area contributed by atoms with E-state index in [2.05, 4.69) is 15.5 Å². The van der Waals surface area contributed by atoms with Crippen molar-refractivity contribution in [3.8, 4) is 0 Å². The van der Waals surface area contributed by atoms with Gasteiger partial charge in [0, 0.05) is 18.2 Å². The van der Waals surface area contributed by atoms with Crippen molar-refractivity contribution >= 4 is 11.4 Å². The predicted octanol–water partition coefficient (Wildman–Crippen LogP) is 2.57. The highest BCUT2D eigenvalue weighted by molar-refractivity contribution is 5.52. The SMILES string of the molecule is O=[N+]([O-])c1cc(F)c(N[C@@H]2CCc3cn[nH]c3C2)c(F)c1. The van der Waals surface area contributed by atoms with E-state index in [1.54, 1.807) is 6.20 Å². The minimum atomic E-state index is -0.961. The summed E-state index contributed by atoms with van der Waals surface area (Å²) in [7, 11) is 0. The Balaban J connectivity index is 1.81. The van der Waals surface area contributed by atoms with Gasteiger partial charge in [-0.05, 0) is 18.4 Å². The molecular formula is C13H12F2N4O2. The summed E-state index contributed by atoms with van der Waals surface area (Å²) in [6.07, 6.45) is 3.80. The number of nitrogens with zero attached hydrogens (tertiary/aromatic N) is 2. The highest BCUT2D eigenvalue weighted by Gasteiger charge is 2.23. The zero-order chi connectivity index (χ0) is 15.0. The van der Waals surface area contributed by atoms with Crippen LogP contribution in [0.1, 0.15) is 17.7 Å². The highest BCUT2D eigenvalue weighted by atomic mass is 19.1. The number of rotatable bonds is 3. The zero-order valence-electron chi connectivity index (χ0n) is 10.9. The van der Waals surface area contributed by atoms with Crippen molar-refractivity contribution in [2.45, 2.75) is 25.3 Å². The van der Waals surface area contributed by atoms with Crippen molar-refractivity contribution < 1.29 is 13.7 Å². The van der Waals surface area contributed by atoms with E-state index in [1.807, 2.05) is 0 Å². The molecule has 6 nitrogen and oxygen atoms in total. The molecule has 21 heavy (non-hydrogen) atoms. The van der Waals surface area contributed by atoms with Crippen molar-refractivity contribution in [3.05, 3.63) is 51.3 Å². The first kappa shape index (κ1) is 13.5. The number of anilines is 1. The summed E-state index contributed by atoms with van der Waals surface area (Å²) >= 11 is 0. The number of aromatic amines is 1. The molecule has 2 aromatic rings. The van der Waals surface area contributed by atoms with Crippen molar-refractivity contribution in [2.24, 2.45) is 0 Å². The van der Waals surface area contributed by atoms with Gasteiger partial charge < -0.3 is 5.32 Å². The fourth-order valence-corrected chi connectivity index (χ4v) is 2.54. The maximum atomic E-state index is 13.8. The third-order valence-electron chi connectivity index (χ3n) is 3.61. The molecule has 2 N–H and O–H groups in total. The maximum Gasteiger partial charge on any atom is 0.275 e. The van der Waals surface area contributed by atoms with Crippen molar-refractivity contribution in [3.63, 3.8) is 0 Å². The smallest absolute Gasteiger partial charge is 0.275 e. The van der Waals surface area contributed by atoms with E-state index in [0.29, 0.717) is 12.8 Å². The molecule has 1 aliphatic carbocycles. The van der Waals surface area contributed by atoms with E-state index in [9.17, 15) is 18.9 Å². The van der Waals surface area contributed by atoms with Crippen molar-refractivity contribution in [1.29, 1.82) is 0 Å². The lowest BCUT2D eigenvalue weighted by atomic mass is 9.93. The molecule has 1 aromatic heterocycles. The molecule has 8 heteroatoms. The monoisotopic (exact) mass is 294 g/mol. The van der Waals surface area contributed by atoms with Crippen LogP contribution in [0.3, 0.4) is 0 Å². The Kier molecular flexibility index (Phi) is 3.28. The molecule has 1 atom stereocenters. The molecule has 1 aromatic carbocycles. The standard InChI is InChI=1S/C13H12F2N4O2/c14-10-4-9(19(20)21)5-11(15)13(10)17-8-2-1-7-6-16-18-12(7)3-8/h4-6,8,17H,1-3H2,(H,16,18)/t8-/m1/s1. The van der Waals surface area contributed by atoms with Gasteiger partial charge in [-0.25, -0.2) is 8.78 Å². The minimum absolute atomic E-state index is 0.150. The van der Waals surface area contributed by atoms with Crippen LogP contribution in [0.2, 0.25) is 0 Å². The number of H-pyrrole nitrogens is 1. The molecule has 0 amide bonds. The van der Waals surface area contributed by atoms with Crippen LogP contribution in [0.15, 0.2) is 18.3 Å². The lowest BCUT2D eigenvalue weighted by molar-refractivity contribution is -0.385. The molecule has 1 heterocycles. The molecular weight excluding hydrogens is 282 g/mol. The third-order valence-corrected chi connectivity index (χ3v) is 3.61. The van der Waals surface area contributed by atoms with Crippen LogP contribution >= 0.6 is 0 Å². The topological polar surface area (TPSA) is 83.8 Å². The van der Waals surface area contributed by atoms with E-state index in [4.69, 9.17) is 0 Å². The van der Waals surface area contributed by atoms with Crippen molar-refractivity contribution in [1.82, 2.24) is 10.2 Å². The predicted molar refractivity (Wildman–Crippen MR) is 71.0 cm³/mol. The number of fused-ring (bicyclic) bond motifs is 1. The normalized spacial score (nSPS) is 17.3. The van der Waals surface area contributed by atoms with Gasteiger partial charge in [-0.2, -0.15) is 5.10 Å². The van der Waals surface area contributed by atoms with Gasteiger partial charge in [-0.15, -0.1) is 0 Å². The maximum absolute atomic E-state index is 13.8. The molecule has 0 aliphatic heterocycles. The molecule has 0 fully saturated rings. The summed E-state index contributed by atoms with van der Waals surface area (Å²) in [5, 5.41) is 20.1. The molecule has 0 unspecified atom stereocenters. The van der Waals surface area contributed by atoms with Crippen LogP contribution in [0.5, 0.6) is 0 Å². The molecule has 3 rings (SSSR count). The number of nitrogens with one attached hydrogen (secondary N) is 2. The van der Waals surface area contributed by atoms with Crippen LogP contribution in [0.4, 0.5) is 20.2 Å². The molecule has 110 valence electrons. The number of aryl methyl sites for hydroxylation is 1. The Morgan fingerprint density at radius 2 is 2.10 bits per heavy atom. The first-order valence-electron chi connectivity index (χ1n) is 6.45. The average Bonchev–Trinajstić information content (AvgIpc) is 2.90. The van der Waals surface area contributed by atoms with E-state index in [-0.39, 0.29) is 11.7 Å². The van der Waals surface area contributed by atoms with Crippen LogP contribution in [0.25, 0.3) is 0 Å². The fourth-order valence-electron chi connectivity index (χ4n) is 2.54. The van der Waals surface area contributed by atoms with E-state index < -0.39 is 22.2 Å². The number of aromatic nitrogens is 2. The number of nitro groups is 1. The second-order valence-electron chi connectivity index (χ2n) is 5.00. The van der Waals surface area contributed by atoms with E-state index in [1.165, 1.54) is 0 Å². The number of hydrogen-bond acceptors (Lipinski definition) is 4. The van der Waals surface area contributed by atoms with Crippen molar-refractivity contribution in [2.75, 3.05) is 5.32 Å². The van der Waals surface area contributed by atoms with Gasteiger partial charge in [0.05, 0.1) is 23.3 Å². The minimum Gasteiger partial charge on any atom is -0.377 e. The van der Waals surface area contributed by atoms with Gasteiger partial charge in [0.1, 0.15) is 5.69 Å². The van der Waals surface area contributed by atoms with Crippen LogP contribution in [-0.2, 0) is 12.8 Å². The molecule has 0 saturated carbocycles. The Morgan fingerprint density at radius 3 is 2.76 bits per heavy atom. The molecule has 0 saturated heterocycles. The Labute approximate surface area is 118 Å². The Hall–Kier alpha value is -2.51. The second-order valence-corrected chi connectivity index (χ2v) is 5.00. The van der Waals surface area contributed by atoms with Crippen LogP contribution in [-0.4, -0.2) is 21.2 Å².